The molecule has 0 atom stereocenters. The highest BCUT2D eigenvalue weighted by Gasteiger charge is 2.20. The van der Waals surface area contributed by atoms with Crippen molar-refractivity contribution < 1.29 is 9.72 Å². The van der Waals surface area contributed by atoms with E-state index in [1.165, 1.54) is 12.1 Å². The average Bonchev–Trinajstić information content (AvgIpc) is 2.42. The Morgan fingerprint density at radius 3 is 2.57 bits per heavy atom. The van der Waals surface area contributed by atoms with Gasteiger partial charge in [-0.1, -0.05) is 28.1 Å². The summed E-state index contributed by atoms with van der Waals surface area (Å²) in [6.07, 6.45) is 0. The molecule has 0 aromatic heterocycles. The number of carbonyl (C=O) groups excluding carboxylic acids is 1. The second-order valence-corrected chi connectivity index (χ2v) is 5.61. The highest BCUT2D eigenvalue weighted by molar-refractivity contribution is 9.10. The fourth-order valence-corrected chi connectivity index (χ4v) is 2.27. The van der Waals surface area contributed by atoms with Crippen LogP contribution in [0, 0.1) is 24.0 Å². The molecule has 0 fully saturated rings. The Morgan fingerprint density at radius 2 is 1.90 bits per heavy atom. The molecule has 0 unspecified atom stereocenters. The first-order chi connectivity index (χ1) is 9.88. The van der Waals surface area contributed by atoms with Gasteiger partial charge in [0, 0.05) is 16.2 Å². The number of benzene rings is 2. The van der Waals surface area contributed by atoms with Crippen molar-refractivity contribution >= 4 is 33.2 Å². The lowest BCUT2D eigenvalue weighted by atomic mass is 10.1. The van der Waals surface area contributed by atoms with Gasteiger partial charge in [-0.3, -0.25) is 14.9 Å². The molecule has 0 aliphatic carbocycles. The SMILES string of the molecule is Cc1ccc([N+](=O)[O-])c(C(=O)Nc2cc(Br)ccc2C)c1. The van der Waals surface area contributed by atoms with E-state index in [-0.39, 0.29) is 11.3 Å². The number of amides is 1. The third-order valence-electron chi connectivity index (χ3n) is 3.04. The van der Waals surface area contributed by atoms with Crippen LogP contribution in [0.15, 0.2) is 40.9 Å². The van der Waals surface area contributed by atoms with E-state index in [0.717, 1.165) is 15.6 Å². The first-order valence-electron chi connectivity index (χ1n) is 6.21. The molecule has 1 N–H and O–H groups in total. The van der Waals surface area contributed by atoms with E-state index in [9.17, 15) is 14.9 Å². The minimum absolute atomic E-state index is 0.0550. The summed E-state index contributed by atoms with van der Waals surface area (Å²) in [5.41, 5.74) is 2.13. The molecule has 0 radical (unpaired) electrons. The van der Waals surface area contributed by atoms with Crippen LogP contribution in [-0.4, -0.2) is 10.8 Å². The summed E-state index contributed by atoms with van der Waals surface area (Å²) < 4.78 is 0.821. The third-order valence-corrected chi connectivity index (χ3v) is 3.53. The van der Waals surface area contributed by atoms with Crippen molar-refractivity contribution in [1.82, 2.24) is 0 Å². The lowest BCUT2D eigenvalue weighted by Crippen LogP contribution is -2.15. The van der Waals surface area contributed by atoms with Gasteiger partial charge in [-0.15, -0.1) is 0 Å². The van der Waals surface area contributed by atoms with Crippen LogP contribution in [0.1, 0.15) is 21.5 Å². The topological polar surface area (TPSA) is 72.2 Å². The molecule has 2 rings (SSSR count). The van der Waals surface area contributed by atoms with Gasteiger partial charge in [-0.25, -0.2) is 0 Å². The number of nitro benzene ring substituents is 1. The molecule has 0 bridgehead atoms. The number of nitrogens with zero attached hydrogens (tertiary/aromatic N) is 1. The van der Waals surface area contributed by atoms with E-state index >= 15 is 0 Å². The minimum atomic E-state index is -0.553. The monoisotopic (exact) mass is 348 g/mol. The van der Waals surface area contributed by atoms with Gasteiger partial charge in [0.1, 0.15) is 5.56 Å². The maximum Gasteiger partial charge on any atom is 0.282 e. The predicted molar refractivity (Wildman–Crippen MR) is 84.7 cm³/mol. The van der Waals surface area contributed by atoms with Crippen LogP contribution in [-0.2, 0) is 0 Å². The van der Waals surface area contributed by atoms with Gasteiger partial charge in [-0.2, -0.15) is 0 Å². The number of hydrogen-bond donors (Lipinski definition) is 1. The van der Waals surface area contributed by atoms with Gasteiger partial charge >= 0.3 is 0 Å². The van der Waals surface area contributed by atoms with Crippen LogP contribution >= 0.6 is 15.9 Å². The Morgan fingerprint density at radius 1 is 1.19 bits per heavy atom. The lowest BCUT2D eigenvalue weighted by molar-refractivity contribution is -0.385. The van der Waals surface area contributed by atoms with Crippen LogP contribution in [0.3, 0.4) is 0 Å². The summed E-state index contributed by atoms with van der Waals surface area (Å²) in [5, 5.41) is 13.7. The first-order valence-corrected chi connectivity index (χ1v) is 7.00. The molecule has 0 aliphatic heterocycles. The van der Waals surface area contributed by atoms with Gasteiger partial charge < -0.3 is 5.32 Å². The summed E-state index contributed by atoms with van der Waals surface area (Å²) in [7, 11) is 0. The molecule has 0 saturated carbocycles. The van der Waals surface area contributed by atoms with Crippen LogP contribution in [0.4, 0.5) is 11.4 Å². The number of nitrogens with one attached hydrogen (secondary N) is 1. The average molecular weight is 349 g/mol. The number of anilines is 1. The normalized spacial score (nSPS) is 10.2. The van der Waals surface area contributed by atoms with Crippen LogP contribution in [0.2, 0.25) is 0 Å². The molecule has 6 heteroatoms. The molecule has 0 aliphatic rings. The van der Waals surface area contributed by atoms with Crippen molar-refractivity contribution in [3.05, 3.63) is 67.7 Å². The van der Waals surface area contributed by atoms with Crippen molar-refractivity contribution in [2.45, 2.75) is 13.8 Å². The summed E-state index contributed by atoms with van der Waals surface area (Å²) in [6, 6.07) is 9.94. The Hall–Kier alpha value is -2.21. The Labute approximate surface area is 130 Å². The highest BCUT2D eigenvalue weighted by atomic mass is 79.9. The predicted octanol–water partition coefficient (Wildman–Crippen LogP) is 4.23. The molecule has 0 saturated heterocycles. The Balaban J connectivity index is 2.39. The fourth-order valence-electron chi connectivity index (χ4n) is 1.91. The molecule has 2 aromatic carbocycles. The second-order valence-electron chi connectivity index (χ2n) is 4.69. The Kier molecular flexibility index (Phi) is 4.37. The summed E-state index contributed by atoms with van der Waals surface area (Å²) in [4.78, 5) is 22.8. The summed E-state index contributed by atoms with van der Waals surface area (Å²) in [6.45, 7) is 3.64. The van der Waals surface area contributed by atoms with E-state index < -0.39 is 10.8 Å². The van der Waals surface area contributed by atoms with Crippen molar-refractivity contribution in [1.29, 1.82) is 0 Å². The number of rotatable bonds is 3. The van der Waals surface area contributed by atoms with E-state index in [0.29, 0.717) is 5.69 Å². The summed E-state index contributed by atoms with van der Waals surface area (Å²) in [5.74, 6) is -0.494. The number of nitro groups is 1. The number of hydrogen-bond acceptors (Lipinski definition) is 3. The first kappa shape index (κ1) is 15.2. The van der Waals surface area contributed by atoms with Crippen LogP contribution in [0.25, 0.3) is 0 Å². The standard InChI is InChI=1S/C15H13BrN2O3/c1-9-3-6-14(18(20)21)12(7-9)15(19)17-13-8-11(16)5-4-10(13)2/h3-8H,1-2H3,(H,17,19). The molecule has 0 heterocycles. The number of halogens is 1. The fraction of sp³-hybridized carbons (Fsp3) is 0.133. The molecule has 21 heavy (non-hydrogen) atoms. The zero-order valence-corrected chi connectivity index (χ0v) is 13.1. The third kappa shape index (κ3) is 3.46. The summed E-state index contributed by atoms with van der Waals surface area (Å²) >= 11 is 3.33. The quantitative estimate of drug-likeness (QED) is 0.666. The van der Waals surface area contributed by atoms with Crippen molar-refractivity contribution in [2.24, 2.45) is 0 Å². The maximum atomic E-state index is 12.3. The van der Waals surface area contributed by atoms with Gasteiger partial charge in [0.05, 0.1) is 4.92 Å². The molecule has 5 nitrogen and oxygen atoms in total. The van der Waals surface area contributed by atoms with Gasteiger partial charge in [0.2, 0.25) is 0 Å². The maximum absolute atomic E-state index is 12.3. The lowest BCUT2D eigenvalue weighted by Gasteiger charge is -2.09. The van der Waals surface area contributed by atoms with Gasteiger partial charge in [-0.05, 0) is 43.2 Å². The largest absolute Gasteiger partial charge is 0.321 e. The van der Waals surface area contributed by atoms with Gasteiger partial charge in [0.25, 0.3) is 11.6 Å². The van der Waals surface area contributed by atoms with E-state index in [4.69, 9.17) is 0 Å². The number of carbonyl (C=O) groups is 1. The van der Waals surface area contributed by atoms with E-state index in [1.807, 2.05) is 19.1 Å². The van der Waals surface area contributed by atoms with Crippen LogP contribution < -0.4 is 5.32 Å². The van der Waals surface area contributed by atoms with Crippen molar-refractivity contribution in [3.63, 3.8) is 0 Å². The second kappa shape index (κ2) is 6.05. The molecule has 0 spiro atoms. The van der Waals surface area contributed by atoms with E-state index in [1.54, 1.807) is 19.1 Å². The number of aryl methyl sites for hydroxylation is 2. The molecular formula is C15H13BrN2O3. The smallest absolute Gasteiger partial charge is 0.282 e. The highest BCUT2D eigenvalue weighted by Crippen LogP contribution is 2.24. The molecule has 1 amide bonds. The minimum Gasteiger partial charge on any atom is -0.321 e. The molecular weight excluding hydrogens is 336 g/mol. The van der Waals surface area contributed by atoms with Crippen LogP contribution in [0.5, 0.6) is 0 Å². The van der Waals surface area contributed by atoms with Crippen molar-refractivity contribution in [2.75, 3.05) is 5.32 Å². The van der Waals surface area contributed by atoms with Crippen molar-refractivity contribution in [3.8, 4) is 0 Å². The van der Waals surface area contributed by atoms with Gasteiger partial charge in [0.15, 0.2) is 0 Å². The van der Waals surface area contributed by atoms with E-state index in [2.05, 4.69) is 21.2 Å². The Bertz CT molecular complexity index is 729. The molecule has 2 aromatic rings. The zero-order valence-electron chi connectivity index (χ0n) is 11.5. The zero-order chi connectivity index (χ0) is 15.6. The molecule has 108 valence electrons.